The number of carbonyl (C=O) groups excluding carboxylic acids is 1. The van der Waals surface area contributed by atoms with E-state index in [-0.39, 0.29) is 16.5 Å². The maximum Gasteiger partial charge on any atom is 0.416 e. The second-order valence-electron chi connectivity index (χ2n) is 4.21. The van der Waals surface area contributed by atoms with Crippen LogP contribution in [0.25, 0.3) is 10.8 Å². The summed E-state index contributed by atoms with van der Waals surface area (Å²) in [5.41, 5.74) is -0.739. The Labute approximate surface area is 115 Å². The number of hydrogen-bond donors (Lipinski definition) is 3. The van der Waals surface area contributed by atoms with Crippen molar-refractivity contribution in [3.05, 3.63) is 40.3 Å². The standard InChI is InChI=1S/C12H10F3N3O3/c13-12(14,15)8(19)5-16-11(21)9-6-3-1-2-4-7(6)10(20)18-17-9/h1-4,8,19H,5H2,(H,16,21)(H,18,20). The quantitative estimate of drug-likeness (QED) is 0.772. The largest absolute Gasteiger partial charge is 0.416 e. The number of carbonyl (C=O) groups is 1. The van der Waals surface area contributed by atoms with Gasteiger partial charge in [0.15, 0.2) is 11.8 Å². The average Bonchev–Trinajstić information content (AvgIpc) is 2.44. The number of aromatic nitrogens is 2. The van der Waals surface area contributed by atoms with Crippen molar-refractivity contribution < 1.29 is 23.1 Å². The fourth-order valence-electron chi connectivity index (χ4n) is 1.68. The van der Waals surface area contributed by atoms with Gasteiger partial charge in [0.25, 0.3) is 11.5 Å². The fraction of sp³-hybridized carbons (Fsp3) is 0.250. The number of H-pyrrole nitrogens is 1. The van der Waals surface area contributed by atoms with E-state index in [0.29, 0.717) is 0 Å². The van der Waals surface area contributed by atoms with Crippen LogP contribution in [0.5, 0.6) is 0 Å². The molecule has 1 aromatic heterocycles. The molecule has 0 spiro atoms. The molecule has 6 nitrogen and oxygen atoms in total. The highest BCUT2D eigenvalue weighted by Crippen LogP contribution is 2.19. The number of halogens is 3. The summed E-state index contributed by atoms with van der Waals surface area (Å²) in [7, 11) is 0. The van der Waals surface area contributed by atoms with Crippen LogP contribution in [0.1, 0.15) is 10.5 Å². The van der Waals surface area contributed by atoms with Gasteiger partial charge in [-0.1, -0.05) is 18.2 Å². The zero-order valence-corrected chi connectivity index (χ0v) is 10.4. The summed E-state index contributed by atoms with van der Waals surface area (Å²) >= 11 is 0. The number of benzene rings is 1. The molecule has 0 bridgehead atoms. The first-order valence-corrected chi connectivity index (χ1v) is 5.81. The Morgan fingerprint density at radius 3 is 2.57 bits per heavy atom. The fourth-order valence-corrected chi connectivity index (χ4v) is 1.68. The van der Waals surface area contributed by atoms with Crippen molar-refractivity contribution in [2.45, 2.75) is 12.3 Å². The van der Waals surface area contributed by atoms with Gasteiger partial charge in [0, 0.05) is 5.39 Å². The van der Waals surface area contributed by atoms with E-state index in [2.05, 4.69) is 10.2 Å². The first-order chi connectivity index (χ1) is 9.80. The van der Waals surface area contributed by atoms with Crippen LogP contribution in [-0.2, 0) is 0 Å². The van der Waals surface area contributed by atoms with E-state index in [1.165, 1.54) is 12.1 Å². The van der Waals surface area contributed by atoms with Crippen LogP contribution in [0, 0.1) is 0 Å². The third-order valence-corrected chi connectivity index (χ3v) is 2.74. The first kappa shape index (κ1) is 15.0. The number of hydrogen-bond acceptors (Lipinski definition) is 4. The van der Waals surface area contributed by atoms with E-state index in [1.54, 1.807) is 12.1 Å². The number of aliphatic hydroxyl groups excluding tert-OH is 1. The number of aromatic amines is 1. The van der Waals surface area contributed by atoms with Crippen molar-refractivity contribution in [3.63, 3.8) is 0 Å². The van der Waals surface area contributed by atoms with E-state index >= 15 is 0 Å². The SMILES string of the molecule is O=C(NCC(O)C(F)(F)F)c1n[nH]c(=O)c2ccccc12. The Kier molecular flexibility index (Phi) is 3.94. The third-order valence-electron chi connectivity index (χ3n) is 2.74. The van der Waals surface area contributed by atoms with Gasteiger partial charge in [0.1, 0.15) is 0 Å². The molecule has 112 valence electrons. The molecule has 1 aromatic carbocycles. The topological polar surface area (TPSA) is 95.1 Å². The van der Waals surface area contributed by atoms with Gasteiger partial charge in [-0.3, -0.25) is 9.59 Å². The zero-order chi connectivity index (χ0) is 15.6. The first-order valence-electron chi connectivity index (χ1n) is 5.81. The molecule has 1 amide bonds. The molecule has 1 atom stereocenters. The monoisotopic (exact) mass is 301 g/mol. The van der Waals surface area contributed by atoms with Crippen molar-refractivity contribution in [1.82, 2.24) is 15.5 Å². The smallest absolute Gasteiger partial charge is 0.382 e. The molecule has 0 aliphatic rings. The second-order valence-corrected chi connectivity index (χ2v) is 4.21. The molecular formula is C12H10F3N3O3. The molecule has 0 radical (unpaired) electrons. The molecule has 9 heteroatoms. The van der Waals surface area contributed by atoms with Crippen LogP contribution in [-0.4, -0.2) is 40.0 Å². The molecule has 0 aliphatic carbocycles. The highest BCUT2D eigenvalue weighted by molar-refractivity contribution is 6.04. The van der Waals surface area contributed by atoms with Crippen molar-refractivity contribution in [1.29, 1.82) is 0 Å². The van der Waals surface area contributed by atoms with E-state index in [9.17, 15) is 22.8 Å². The van der Waals surface area contributed by atoms with Crippen LogP contribution in [0.2, 0.25) is 0 Å². The number of amides is 1. The normalized spacial score (nSPS) is 13.1. The molecule has 0 aliphatic heterocycles. The molecule has 3 N–H and O–H groups in total. The van der Waals surface area contributed by atoms with Crippen LogP contribution >= 0.6 is 0 Å². The Bertz CT molecular complexity index is 727. The summed E-state index contributed by atoms with van der Waals surface area (Å²) in [5.74, 6) is -0.925. The highest BCUT2D eigenvalue weighted by Gasteiger charge is 2.38. The lowest BCUT2D eigenvalue weighted by atomic mass is 10.1. The summed E-state index contributed by atoms with van der Waals surface area (Å²) in [6.07, 6.45) is -7.50. The molecule has 2 aromatic rings. The van der Waals surface area contributed by atoms with Gasteiger partial charge < -0.3 is 10.4 Å². The Hall–Kier alpha value is -2.42. The molecule has 1 unspecified atom stereocenters. The van der Waals surface area contributed by atoms with Crippen LogP contribution in [0.4, 0.5) is 13.2 Å². The number of nitrogens with zero attached hydrogens (tertiary/aromatic N) is 1. The third kappa shape index (κ3) is 3.19. The van der Waals surface area contributed by atoms with Crippen LogP contribution < -0.4 is 10.9 Å². The molecule has 0 saturated carbocycles. The zero-order valence-electron chi connectivity index (χ0n) is 10.4. The van der Waals surface area contributed by atoms with Gasteiger partial charge in [0.05, 0.1) is 11.9 Å². The molecule has 0 fully saturated rings. The van der Waals surface area contributed by atoms with Gasteiger partial charge in [-0.15, -0.1) is 0 Å². The van der Waals surface area contributed by atoms with Crippen molar-refractivity contribution in [3.8, 4) is 0 Å². The number of rotatable bonds is 3. The van der Waals surface area contributed by atoms with Gasteiger partial charge in [-0.05, 0) is 6.07 Å². The minimum atomic E-state index is -4.83. The molecule has 21 heavy (non-hydrogen) atoms. The van der Waals surface area contributed by atoms with Crippen LogP contribution in [0.3, 0.4) is 0 Å². The van der Waals surface area contributed by atoms with Gasteiger partial charge in [-0.25, -0.2) is 5.10 Å². The summed E-state index contributed by atoms with van der Waals surface area (Å²) in [6, 6.07) is 6.04. The Morgan fingerprint density at radius 1 is 1.33 bits per heavy atom. The predicted octanol–water partition coefficient (Wildman–Crippen LogP) is 0.576. The van der Waals surface area contributed by atoms with Crippen LogP contribution in [0.15, 0.2) is 29.1 Å². The Balaban J connectivity index is 2.25. The number of alkyl halides is 3. The number of nitrogens with one attached hydrogen (secondary N) is 2. The average molecular weight is 301 g/mol. The van der Waals surface area contributed by atoms with E-state index in [0.717, 1.165) is 0 Å². The minimum Gasteiger partial charge on any atom is -0.382 e. The second kappa shape index (κ2) is 5.52. The summed E-state index contributed by atoms with van der Waals surface area (Å²) in [5, 5.41) is 16.8. The minimum absolute atomic E-state index is 0.189. The summed E-state index contributed by atoms with van der Waals surface area (Å²) in [4.78, 5) is 23.3. The van der Waals surface area contributed by atoms with E-state index in [4.69, 9.17) is 5.11 Å². The number of fused-ring (bicyclic) bond motifs is 1. The predicted molar refractivity (Wildman–Crippen MR) is 66.8 cm³/mol. The number of aliphatic hydroxyl groups is 1. The summed E-state index contributed by atoms with van der Waals surface area (Å²) in [6.45, 7) is -1.00. The Morgan fingerprint density at radius 2 is 1.95 bits per heavy atom. The van der Waals surface area contributed by atoms with Gasteiger partial charge in [-0.2, -0.15) is 18.3 Å². The lowest BCUT2D eigenvalue weighted by molar-refractivity contribution is -0.201. The van der Waals surface area contributed by atoms with Crippen molar-refractivity contribution in [2.24, 2.45) is 0 Å². The maximum absolute atomic E-state index is 12.1. The lowest BCUT2D eigenvalue weighted by Crippen LogP contribution is -2.41. The molecule has 2 rings (SSSR count). The van der Waals surface area contributed by atoms with Crippen molar-refractivity contribution >= 4 is 16.7 Å². The van der Waals surface area contributed by atoms with Gasteiger partial charge >= 0.3 is 6.18 Å². The van der Waals surface area contributed by atoms with E-state index < -0.39 is 30.3 Å². The molecular weight excluding hydrogens is 291 g/mol. The molecule has 1 heterocycles. The highest BCUT2D eigenvalue weighted by atomic mass is 19.4. The maximum atomic E-state index is 12.1. The van der Waals surface area contributed by atoms with Gasteiger partial charge in [0.2, 0.25) is 0 Å². The van der Waals surface area contributed by atoms with E-state index in [1.807, 2.05) is 5.32 Å². The lowest BCUT2D eigenvalue weighted by Gasteiger charge is -2.15. The molecule has 0 saturated heterocycles. The van der Waals surface area contributed by atoms with Crippen molar-refractivity contribution in [2.75, 3.05) is 6.54 Å². The summed E-state index contributed by atoms with van der Waals surface area (Å²) < 4.78 is 36.4.